The molecule has 15 heavy (non-hydrogen) atoms. The predicted octanol–water partition coefficient (Wildman–Crippen LogP) is 3.00. The minimum Gasteiger partial charge on any atom is -0.478 e. The third kappa shape index (κ3) is 2.53. The number of benzene rings is 1. The topological polar surface area (TPSA) is 37.3 Å². The predicted molar refractivity (Wildman–Crippen MR) is 62.7 cm³/mol. The molecular formula is C12H14O2S. The van der Waals surface area contributed by atoms with Gasteiger partial charge in [-0.3, -0.25) is 0 Å². The minimum atomic E-state index is -0.848. The fourth-order valence-electron chi connectivity index (χ4n) is 1.90. The van der Waals surface area contributed by atoms with Crippen LogP contribution in [0.3, 0.4) is 0 Å². The normalized spacial score (nSPS) is 21.2. The Bertz CT molecular complexity index is 339. The lowest BCUT2D eigenvalue weighted by Gasteiger charge is -2.21. The lowest BCUT2D eigenvalue weighted by Crippen LogP contribution is -2.08. The van der Waals surface area contributed by atoms with Crippen molar-refractivity contribution in [3.05, 3.63) is 35.4 Å². The zero-order chi connectivity index (χ0) is 10.7. The van der Waals surface area contributed by atoms with Crippen LogP contribution < -0.4 is 0 Å². The molecule has 1 unspecified atom stereocenters. The van der Waals surface area contributed by atoms with Crippen LogP contribution in [0.5, 0.6) is 0 Å². The number of hydrogen-bond donors (Lipinski definition) is 1. The van der Waals surface area contributed by atoms with E-state index >= 15 is 0 Å². The van der Waals surface area contributed by atoms with Gasteiger partial charge in [-0.25, -0.2) is 4.79 Å². The van der Waals surface area contributed by atoms with E-state index in [1.807, 2.05) is 23.9 Å². The van der Waals surface area contributed by atoms with Crippen molar-refractivity contribution in [2.75, 3.05) is 11.5 Å². The molecule has 1 aliphatic heterocycles. The third-order valence-corrected chi connectivity index (χ3v) is 4.00. The summed E-state index contributed by atoms with van der Waals surface area (Å²) in [7, 11) is 0. The average molecular weight is 222 g/mol. The summed E-state index contributed by atoms with van der Waals surface area (Å²) in [5, 5.41) is 8.78. The van der Waals surface area contributed by atoms with Gasteiger partial charge in [0.1, 0.15) is 0 Å². The molecule has 1 saturated heterocycles. The fourth-order valence-corrected chi connectivity index (χ4v) is 3.08. The van der Waals surface area contributed by atoms with Gasteiger partial charge in [-0.15, -0.1) is 0 Å². The van der Waals surface area contributed by atoms with E-state index in [1.54, 1.807) is 12.1 Å². The Morgan fingerprint density at radius 2 is 2.07 bits per heavy atom. The Labute approximate surface area is 93.7 Å². The summed E-state index contributed by atoms with van der Waals surface area (Å²) in [6.45, 7) is 0. The average Bonchev–Trinajstić information content (AvgIpc) is 2.30. The van der Waals surface area contributed by atoms with Crippen molar-refractivity contribution in [1.82, 2.24) is 0 Å². The second kappa shape index (κ2) is 4.71. The monoisotopic (exact) mass is 222 g/mol. The van der Waals surface area contributed by atoms with Crippen molar-refractivity contribution in [3.63, 3.8) is 0 Å². The zero-order valence-corrected chi connectivity index (χ0v) is 9.30. The Hall–Kier alpha value is -0.960. The molecule has 1 aliphatic rings. The van der Waals surface area contributed by atoms with Crippen LogP contribution in [0.15, 0.2) is 24.3 Å². The van der Waals surface area contributed by atoms with Gasteiger partial charge in [-0.1, -0.05) is 12.1 Å². The molecule has 0 aliphatic carbocycles. The Morgan fingerprint density at radius 3 is 2.60 bits per heavy atom. The SMILES string of the molecule is O=C(O)c1ccc(C2CCCSC2)cc1. The maximum absolute atomic E-state index is 10.7. The standard InChI is InChI=1S/C12H14O2S/c13-12(14)10-5-3-9(4-6-10)11-2-1-7-15-8-11/h3-6,11H,1-2,7-8H2,(H,13,14). The highest BCUT2D eigenvalue weighted by Crippen LogP contribution is 2.31. The van der Waals surface area contributed by atoms with Gasteiger partial charge in [0.15, 0.2) is 0 Å². The first-order chi connectivity index (χ1) is 7.27. The number of carboxylic acids is 1. The molecule has 0 aromatic heterocycles. The first kappa shape index (κ1) is 10.6. The summed E-state index contributed by atoms with van der Waals surface area (Å²) in [5.74, 6) is 2.21. The zero-order valence-electron chi connectivity index (χ0n) is 8.48. The smallest absolute Gasteiger partial charge is 0.335 e. The van der Waals surface area contributed by atoms with E-state index in [9.17, 15) is 4.79 Å². The third-order valence-electron chi connectivity index (χ3n) is 2.79. The molecule has 1 fully saturated rings. The van der Waals surface area contributed by atoms with Gasteiger partial charge in [0.25, 0.3) is 0 Å². The number of hydrogen-bond acceptors (Lipinski definition) is 2. The highest BCUT2D eigenvalue weighted by atomic mass is 32.2. The van der Waals surface area contributed by atoms with Crippen LogP contribution in [-0.2, 0) is 0 Å². The van der Waals surface area contributed by atoms with Crippen LogP contribution in [0.2, 0.25) is 0 Å². The molecule has 0 spiro atoms. The van der Waals surface area contributed by atoms with Crippen molar-refractivity contribution in [1.29, 1.82) is 0 Å². The van der Waals surface area contributed by atoms with Crippen LogP contribution in [-0.4, -0.2) is 22.6 Å². The quantitative estimate of drug-likeness (QED) is 0.835. The summed E-state index contributed by atoms with van der Waals surface area (Å²) in [6.07, 6.45) is 2.51. The number of thioether (sulfide) groups is 1. The van der Waals surface area contributed by atoms with E-state index in [0.717, 1.165) is 0 Å². The first-order valence-corrected chi connectivity index (χ1v) is 6.34. The van der Waals surface area contributed by atoms with Crippen LogP contribution in [0.4, 0.5) is 0 Å². The Balaban J connectivity index is 2.11. The summed E-state index contributed by atoms with van der Waals surface area (Å²) >= 11 is 1.99. The molecule has 1 atom stereocenters. The molecule has 0 amide bonds. The molecule has 1 aromatic rings. The molecule has 80 valence electrons. The molecule has 3 heteroatoms. The molecule has 1 N–H and O–H groups in total. The molecule has 1 heterocycles. The number of carbonyl (C=O) groups is 1. The number of carboxylic acid groups (broad SMARTS) is 1. The van der Waals surface area contributed by atoms with Crippen molar-refractivity contribution in [2.45, 2.75) is 18.8 Å². The summed E-state index contributed by atoms with van der Waals surface area (Å²) in [4.78, 5) is 10.7. The van der Waals surface area contributed by atoms with Crippen molar-refractivity contribution in [2.24, 2.45) is 0 Å². The lowest BCUT2D eigenvalue weighted by atomic mass is 9.95. The molecule has 0 saturated carbocycles. The highest BCUT2D eigenvalue weighted by Gasteiger charge is 2.15. The summed E-state index contributed by atoms with van der Waals surface area (Å²) in [6, 6.07) is 7.33. The van der Waals surface area contributed by atoms with Crippen molar-refractivity contribution < 1.29 is 9.90 Å². The molecule has 1 aromatic carbocycles. The Kier molecular flexibility index (Phi) is 3.31. The van der Waals surface area contributed by atoms with E-state index in [4.69, 9.17) is 5.11 Å². The van der Waals surface area contributed by atoms with Gasteiger partial charge in [-0.2, -0.15) is 11.8 Å². The van der Waals surface area contributed by atoms with Gasteiger partial charge >= 0.3 is 5.97 Å². The van der Waals surface area contributed by atoms with Crippen LogP contribution >= 0.6 is 11.8 Å². The van der Waals surface area contributed by atoms with E-state index in [1.165, 1.54) is 29.9 Å². The molecule has 2 nitrogen and oxygen atoms in total. The van der Waals surface area contributed by atoms with Crippen molar-refractivity contribution >= 4 is 17.7 Å². The minimum absolute atomic E-state index is 0.377. The van der Waals surface area contributed by atoms with Gasteiger partial charge < -0.3 is 5.11 Å². The maximum Gasteiger partial charge on any atom is 0.335 e. The lowest BCUT2D eigenvalue weighted by molar-refractivity contribution is 0.0697. The van der Waals surface area contributed by atoms with Gasteiger partial charge in [0.05, 0.1) is 5.56 Å². The van der Waals surface area contributed by atoms with Crippen LogP contribution in [0.25, 0.3) is 0 Å². The second-order valence-electron chi connectivity index (χ2n) is 3.84. The van der Waals surface area contributed by atoms with Crippen molar-refractivity contribution in [3.8, 4) is 0 Å². The molecule has 2 rings (SSSR count). The Morgan fingerprint density at radius 1 is 1.33 bits per heavy atom. The van der Waals surface area contributed by atoms with E-state index in [-0.39, 0.29) is 0 Å². The summed E-state index contributed by atoms with van der Waals surface area (Å²) < 4.78 is 0. The molecule has 0 bridgehead atoms. The van der Waals surface area contributed by atoms with Gasteiger partial charge in [0.2, 0.25) is 0 Å². The van der Waals surface area contributed by atoms with Crippen LogP contribution in [0.1, 0.15) is 34.7 Å². The number of rotatable bonds is 2. The maximum atomic E-state index is 10.7. The molecule has 0 radical (unpaired) electrons. The fraction of sp³-hybridized carbons (Fsp3) is 0.417. The van der Waals surface area contributed by atoms with E-state index in [0.29, 0.717) is 11.5 Å². The number of aromatic carboxylic acids is 1. The molecular weight excluding hydrogens is 208 g/mol. The first-order valence-electron chi connectivity index (χ1n) is 5.18. The van der Waals surface area contributed by atoms with Gasteiger partial charge in [-0.05, 0) is 42.2 Å². The van der Waals surface area contributed by atoms with E-state index in [2.05, 4.69) is 0 Å². The highest BCUT2D eigenvalue weighted by molar-refractivity contribution is 7.99. The van der Waals surface area contributed by atoms with Crippen LogP contribution in [0, 0.1) is 0 Å². The largest absolute Gasteiger partial charge is 0.478 e. The van der Waals surface area contributed by atoms with Gasteiger partial charge in [0, 0.05) is 5.75 Å². The van der Waals surface area contributed by atoms with E-state index < -0.39 is 5.97 Å². The summed E-state index contributed by atoms with van der Waals surface area (Å²) in [5.41, 5.74) is 1.66. The second-order valence-corrected chi connectivity index (χ2v) is 4.99.